The first-order valence-corrected chi connectivity index (χ1v) is 8.76. The van der Waals surface area contributed by atoms with E-state index in [-0.39, 0.29) is 0 Å². The third-order valence-electron chi connectivity index (χ3n) is 2.56. The Morgan fingerprint density at radius 3 is 2.00 bits per heavy atom. The summed E-state index contributed by atoms with van der Waals surface area (Å²) in [5.74, 6) is 0.319. The Hall–Kier alpha value is -0.518. The molecule has 0 amide bonds. The SMILES string of the molecule is CC(C)c1cn([Si](C)(C)C)cc1B(O)O. The van der Waals surface area contributed by atoms with Crippen molar-refractivity contribution in [3.8, 4) is 0 Å². The molecule has 1 heterocycles. The summed E-state index contributed by atoms with van der Waals surface area (Å²) >= 11 is 0. The van der Waals surface area contributed by atoms with Gasteiger partial charge < -0.3 is 14.3 Å². The van der Waals surface area contributed by atoms with Gasteiger partial charge in [-0.3, -0.25) is 0 Å². The highest BCUT2D eigenvalue weighted by molar-refractivity contribution is 6.74. The van der Waals surface area contributed by atoms with E-state index in [1.807, 2.05) is 6.20 Å². The van der Waals surface area contributed by atoms with Crippen LogP contribution in [0.15, 0.2) is 12.4 Å². The zero-order valence-corrected chi connectivity index (χ0v) is 11.2. The van der Waals surface area contributed by atoms with Gasteiger partial charge >= 0.3 is 7.12 Å². The summed E-state index contributed by atoms with van der Waals surface area (Å²) in [6.45, 7) is 10.8. The lowest BCUT2D eigenvalue weighted by molar-refractivity contribution is 0.425. The lowest BCUT2D eigenvalue weighted by Crippen LogP contribution is -2.34. The van der Waals surface area contributed by atoms with Crippen LogP contribution in [0.25, 0.3) is 0 Å². The molecule has 2 N–H and O–H groups in total. The topological polar surface area (TPSA) is 45.4 Å². The Morgan fingerprint density at radius 2 is 1.73 bits per heavy atom. The maximum absolute atomic E-state index is 9.29. The highest BCUT2D eigenvalue weighted by Crippen LogP contribution is 2.16. The average molecular weight is 225 g/mol. The number of aromatic nitrogens is 1. The van der Waals surface area contributed by atoms with Crippen molar-refractivity contribution in [2.45, 2.75) is 39.4 Å². The molecule has 0 spiro atoms. The van der Waals surface area contributed by atoms with Crippen molar-refractivity contribution < 1.29 is 10.0 Å². The van der Waals surface area contributed by atoms with Crippen LogP contribution in [0.5, 0.6) is 0 Å². The second kappa shape index (κ2) is 4.16. The molecule has 84 valence electrons. The van der Waals surface area contributed by atoms with Gasteiger partial charge in [-0.2, -0.15) is 0 Å². The van der Waals surface area contributed by atoms with E-state index < -0.39 is 15.4 Å². The highest BCUT2D eigenvalue weighted by atomic mass is 28.3. The Bertz CT molecular complexity index is 316. The van der Waals surface area contributed by atoms with Gasteiger partial charge in [-0.1, -0.05) is 33.5 Å². The van der Waals surface area contributed by atoms with Gasteiger partial charge in [-0.25, -0.2) is 0 Å². The fraction of sp³-hybridized carbons (Fsp3) is 0.600. The van der Waals surface area contributed by atoms with E-state index in [0.29, 0.717) is 11.4 Å². The van der Waals surface area contributed by atoms with Crippen molar-refractivity contribution in [1.29, 1.82) is 0 Å². The Labute approximate surface area is 93.0 Å². The predicted octanol–water partition coefficient (Wildman–Crippen LogP) is 0.974. The molecule has 1 aromatic rings. The van der Waals surface area contributed by atoms with Crippen LogP contribution in [0, 0.1) is 0 Å². The minimum Gasteiger partial charge on any atom is -0.423 e. The molecule has 3 nitrogen and oxygen atoms in total. The van der Waals surface area contributed by atoms with Gasteiger partial charge in [0.25, 0.3) is 0 Å². The molecule has 0 atom stereocenters. The molecule has 0 saturated carbocycles. The smallest absolute Gasteiger partial charge is 0.423 e. The Kier molecular flexibility index (Phi) is 3.48. The molecule has 15 heavy (non-hydrogen) atoms. The first-order chi connectivity index (χ1) is 6.73. The second-order valence-electron chi connectivity index (χ2n) is 5.28. The molecule has 0 unspecified atom stereocenters. The predicted molar refractivity (Wildman–Crippen MR) is 67.1 cm³/mol. The van der Waals surface area contributed by atoms with Crippen LogP contribution in [0.2, 0.25) is 19.6 Å². The largest absolute Gasteiger partial charge is 0.490 e. The molecular weight excluding hydrogens is 205 g/mol. The fourth-order valence-corrected chi connectivity index (χ4v) is 2.62. The van der Waals surface area contributed by atoms with Gasteiger partial charge in [0.15, 0.2) is 8.24 Å². The van der Waals surface area contributed by atoms with E-state index in [4.69, 9.17) is 0 Å². The number of hydrogen-bond donors (Lipinski definition) is 2. The van der Waals surface area contributed by atoms with Gasteiger partial charge in [0.05, 0.1) is 0 Å². The molecule has 0 radical (unpaired) electrons. The van der Waals surface area contributed by atoms with Crippen molar-refractivity contribution in [3.05, 3.63) is 18.0 Å². The summed E-state index contributed by atoms with van der Waals surface area (Å²) in [4.78, 5) is 0. The standard InChI is InChI=1S/C10H20BNO2Si/c1-8(2)9-6-12(15(3,4)5)7-10(9)11(13)14/h6-8,13-14H,1-5H3. The average Bonchev–Trinajstić information content (AvgIpc) is 2.45. The third-order valence-corrected chi connectivity index (χ3v) is 4.37. The maximum Gasteiger partial charge on any atom is 0.490 e. The van der Waals surface area contributed by atoms with E-state index in [2.05, 4.69) is 43.9 Å². The van der Waals surface area contributed by atoms with Crippen molar-refractivity contribution in [2.75, 3.05) is 0 Å². The molecular formula is C10H20BNO2Si. The van der Waals surface area contributed by atoms with Crippen LogP contribution in [-0.4, -0.2) is 29.6 Å². The lowest BCUT2D eigenvalue weighted by atomic mass is 9.77. The van der Waals surface area contributed by atoms with Crippen LogP contribution in [-0.2, 0) is 0 Å². The molecule has 0 bridgehead atoms. The molecule has 5 heteroatoms. The number of rotatable bonds is 3. The van der Waals surface area contributed by atoms with E-state index in [9.17, 15) is 10.0 Å². The van der Waals surface area contributed by atoms with Crippen LogP contribution in [0.1, 0.15) is 25.3 Å². The quantitative estimate of drug-likeness (QED) is 0.753. The van der Waals surface area contributed by atoms with Crippen molar-refractivity contribution >= 4 is 20.8 Å². The second-order valence-corrected chi connectivity index (χ2v) is 10.1. The highest BCUT2D eigenvalue weighted by Gasteiger charge is 2.24. The zero-order valence-electron chi connectivity index (χ0n) is 10.2. The molecule has 1 rings (SSSR count). The van der Waals surface area contributed by atoms with Crippen molar-refractivity contribution in [1.82, 2.24) is 4.23 Å². The van der Waals surface area contributed by atoms with E-state index in [1.54, 1.807) is 0 Å². The van der Waals surface area contributed by atoms with E-state index in [1.165, 1.54) is 0 Å². The molecule has 0 aromatic carbocycles. The fourth-order valence-electron chi connectivity index (χ4n) is 1.57. The van der Waals surface area contributed by atoms with Gasteiger partial charge in [0.1, 0.15) is 0 Å². The Morgan fingerprint density at radius 1 is 1.20 bits per heavy atom. The van der Waals surface area contributed by atoms with Crippen LogP contribution >= 0.6 is 0 Å². The molecule has 0 fully saturated rings. The summed E-state index contributed by atoms with van der Waals surface area (Å²) in [5.41, 5.74) is 1.68. The van der Waals surface area contributed by atoms with Crippen LogP contribution in [0.4, 0.5) is 0 Å². The monoisotopic (exact) mass is 225 g/mol. The maximum atomic E-state index is 9.29. The van der Waals surface area contributed by atoms with Gasteiger partial charge in [-0.05, 0) is 23.9 Å². The van der Waals surface area contributed by atoms with E-state index in [0.717, 1.165) is 5.56 Å². The molecule has 0 aliphatic carbocycles. The minimum atomic E-state index is -1.44. The summed E-state index contributed by atoms with van der Waals surface area (Å²) in [7, 11) is -2.80. The molecule has 0 saturated heterocycles. The van der Waals surface area contributed by atoms with Gasteiger partial charge in [0, 0.05) is 5.46 Å². The summed E-state index contributed by atoms with van der Waals surface area (Å²) in [5, 5.41) is 18.6. The summed E-state index contributed by atoms with van der Waals surface area (Å²) < 4.78 is 2.16. The normalized spacial score (nSPS) is 12.3. The third kappa shape index (κ3) is 2.74. The summed E-state index contributed by atoms with van der Waals surface area (Å²) in [6.07, 6.45) is 3.94. The van der Waals surface area contributed by atoms with Crippen molar-refractivity contribution in [2.24, 2.45) is 0 Å². The summed E-state index contributed by atoms with van der Waals surface area (Å²) in [6, 6.07) is 0. The molecule has 0 aliphatic rings. The van der Waals surface area contributed by atoms with Gasteiger partial charge in [-0.15, -0.1) is 0 Å². The number of hydrogen-bond acceptors (Lipinski definition) is 2. The zero-order chi connectivity index (χ0) is 11.8. The minimum absolute atomic E-state index is 0.319. The Balaban J connectivity index is 3.21. The van der Waals surface area contributed by atoms with E-state index >= 15 is 0 Å². The molecule has 1 aromatic heterocycles. The van der Waals surface area contributed by atoms with Gasteiger partial charge in [0.2, 0.25) is 0 Å². The van der Waals surface area contributed by atoms with Crippen molar-refractivity contribution in [3.63, 3.8) is 0 Å². The molecule has 0 aliphatic heterocycles. The first kappa shape index (κ1) is 12.6. The van der Waals surface area contributed by atoms with Crippen LogP contribution < -0.4 is 5.46 Å². The first-order valence-electron chi connectivity index (χ1n) is 5.32. The lowest BCUT2D eigenvalue weighted by Gasteiger charge is -2.18. The van der Waals surface area contributed by atoms with Crippen LogP contribution in [0.3, 0.4) is 0 Å². The number of nitrogens with zero attached hydrogens (tertiary/aromatic N) is 1.